The van der Waals surface area contributed by atoms with Gasteiger partial charge in [-0.05, 0) is 124 Å². The number of likely N-dealkylation sites (N-methyl/N-ethyl adjacent to an activating group) is 1. The summed E-state index contributed by atoms with van der Waals surface area (Å²) in [7, 11) is 4.38. The number of aryl methyl sites for hydroxylation is 1. The average molecular weight is 703 g/mol. The predicted octanol–water partition coefficient (Wildman–Crippen LogP) is 11.0. The topological polar surface area (TPSA) is 8.17 Å². The van der Waals surface area contributed by atoms with E-state index in [0.717, 1.165) is 19.3 Å². The number of aromatic nitrogens is 1. The van der Waals surface area contributed by atoms with Crippen molar-refractivity contribution >= 4 is 67.7 Å². The zero-order valence-corrected chi connectivity index (χ0v) is 30.7. The highest BCUT2D eigenvalue weighted by Crippen LogP contribution is 2.50. The Morgan fingerprint density at radius 3 is 1.98 bits per heavy atom. The van der Waals surface area contributed by atoms with E-state index in [0.29, 0.717) is 5.92 Å². The largest absolute Gasteiger partial charge is 0.347 e. The summed E-state index contributed by atoms with van der Waals surface area (Å²) in [5.74, 6) is 0.434. The zero-order chi connectivity index (χ0) is 34.2. The second-order valence-corrected chi connectivity index (χ2v) is 17.0. The maximum absolute atomic E-state index is 2.48. The van der Waals surface area contributed by atoms with Crippen LogP contribution in [0.4, 0.5) is 5.69 Å². The number of hydrogen-bond donors (Lipinski definition) is 0. The average Bonchev–Trinajstić information content (AvgIpc) is 3.65. The molecule has 5 aliphatic rings. The Kier molecular flexibility index (Phi) is 6.05. The van der Waals surface area contributed by atoms with Crippen molar-refractivity contribution < 1.29 is 0 Å². The van der Waals surface area contributed by atoms with Crippen molar-refractivity contribution in [1.29, 1.82) is 0 Å². The summed E-state index contributed by atoms with van der Waals surface area (Å²) in [4.78, 5) is 7.97. The van der Waals surface area contributed by atoms with Gasteiger partial charge in [0.2, 0.25) is 0 Å². The number of hydrogen-bond acceptors (Lipinski definition) is 3. The second-order valence-electron chi connectivity index (χ2n) is 14.9. The fourth-order valence-electron chi connectivity index (χ4n) is 9.80. The van der Waals surface area contributed by atoms with Crippen LogP contribution < -0.4 is 15.3 Å². The molecule has 2 aliphatic carbocycles. The molecule has 0 saturated carbocycles. The van der Waals surface area contributed by atoms with E-state index in [-0.39, 0.29) is 0 Å². The maximum atomic E-state index is 2.48. The van der Waals surface area contributed by atoms with E-state index in [9.17, 15) is 0 Å². The highest BCUT2D eigenvalue weighted by molar-refractivity contribution is 8.00. The normalized spacial score (nSPS) is 17.7. The Balaban J connectivity index is 0.930. The molecule has 0 bridgehead atoms. The van der Waals surface area contributed by atoms with Crippen molar-refractivity contribution in [3.8, 4) is 11.1 Å². The van der Waals surface area contributed by atoms with Crippen LogP contribution in [0.5, 0.6) is 0 Å². The lowest BCUT2D eigenvalue weighted by atomic mass is 9.83. The van der Waals surface area contributed by atoms with Crippen LogP contribution >= 0.6 is 23.5 Å². The fraction of sp³-hybridized carbons (Fsp3) is 0.125. The van der Waals surface area contributed by atoms with Gasteiger partial charge in [0.15, 0.2) is 0 Å². The first-order valence-corrected chi connectivity index (χ1v) is 20.0. The first-order valence-electron chi connectivity index (χ1n) is 18.3. The second kappa shape index (κ2) is 10.7. The molecule has 0 saturated heterocycles. The van der Waals surface area contributed by atoms with Crippen LogP contribution in [-0.4, -0.2) is 11.6 Å². The molecular weight excluding hydrogens is 669 g/mol. The molecule has 248 valence electrons. The van der Waals surface area contributed by atoms with Gasteiger partial charge in [0.05, 0.1) is 0 Å². The van der Waals surface area contributed by atoms with Crippen LogP contribution in [0.25, 0.3) is 49.7 Å². The summed E-state index contributed by atoms with van der Waals surface area (Å²) in [5.41, 5.74) is 18.0. The third-order valence-electron chi connectivity index (χ3n) is 12.3. The van der Waals surface area contributed by atoms with E-state index in [1.807, 2.05) is 23.5 Å². The fourth-order valence-corrected chi connectivity index (χ4v) is 12.2. The molecule has 0 N–H and O–H groups in total. The number of nitrogens with zero attached hydrogens (tertiary/aromatic N) is 2. The smallest absolute Gasteiger partial charge is 0.0489 e. The Labute approximate surface area is 311 Å². The van der Waals surface area contributed by atoms with E-state index in [4.69, 9.17) is 0 Å². The third-order valence-corrected chi connectivity index (χ3v) is 14.6. The molecular formula is C48H34N2S2. The predicted molar refractivity (Wildman–Crippen MR) is 219 cm³/mol. The van der Waals surface area contributed by atoms with E-state index >= 15 is 0 Å². The minimum atomic E-state index is 0.434. The third kappa shape index (κ3) is 4.00. The highest BCUT2D eigenvalue weighted by Gasteiger charge is 2.34. The standard InChI is InChI=1S/C48H34N2S2/c1-49-39-9-5-3-7-31(39)37-23-27(13-19-41(37)49)29-11-15-33-35-17-18-36-34-16-12-30(28-14-20-42-38(24-28)32-8-4-6-10-40(32)50(42)2)26-46(34)52-44-22-21-43(47(35)48(36)44)51-45(33)25-29/h3-16,19-23,25-26,38H,17-18,24H2,1-2H3. The molecule has 0 fully saturated rings. The number of rotatable bonds is 2. The Morgan fingerprint density at radius 2 is 1.19 bits per heavy atom. The van der Waals surface area contributed by atoms with Crippen molar-refractivity contribution in [1.82, 2.24) is 4.57 Å². The van der Waals surface area contributed by atoms with E-state index in [2.05, 4.69) is 151 Å². The van der Waals surface area contributed by atoms with Gasteiger partial charge in [-0.25, -0.2) is 0 Å². The zero-order valence-electron chi connectivity index (χ0n) is 29.0. The number of para-hydroxylation sites is 2. The first kappa shape index (κ1) is 29.4. The van der Waals surface area contributed by atoms with E-state index < -0.39 is 0 Å². The summed E-state index contributed by atoms with van der Waals surface area (Å²) in [5, 5.41) is 5.61. The maximum Gasteiger partial charge on any atom is 0.0489 e. The molecule has 6 aromatic carbocycles. The summed E-state index contributed by atoms with van der Waals surface area (Å²) in [6.07, 6.45) is 7.92. The summed E-state index contributed by atoms with van der Waals surface area (Å²) >= 11 is 3.93. The molecule has 12 rings (SSSR count). The minimum Gasteiger partial charge on any atom is -0.347 e. The molecule has 1 atom stereocenters. The molecule has 7 aromatic rings. The number of fused-ring (bicyclic) bond motifs is 10. The summed E-state index contributed by atoms with van der Waals surface area (Å²) < 4.78 is 2.31. The molecule has 1 unspecified atom stereocenters. The molecule has 0 spiro atoms. The number of anilines is 1. The molecule has 52 heavy (non-hydrogen) atoms. The lowest BCUT2D eigenvalue weighted by molar-refractivity contribution is 0.824. The Bertz CT molecular complexity index is 2980. The Morgan fingerprint density at radius 1 is 0.558 bits per heavy atom. The van der Waals surface area contributed by atoms with Gasteiger partial charge in [0.25, 0.3) is 0 Å². The van der Waals surface area contributed by atoms with Gasteiger partial charge in [-0.3, -0.25) is 0 Å². The number of allylic oxidation sites excluding steroid dienone is 4. The molecule has 0 amide bonds. The summed E-state index contributed by atoms with van der Waals surface area (Å²) in [6.45, 7) is 0. The number of benzene rings is 6. The minimum absolute atomic E-state index is 0.434. The SMILES string of the molecule is CN1C2=CC=C(c3ccc4c(c3)Sc3ccc5c6c3=C4CCC=6c3ccc(-c4ccc6c(c4)c4ccccc4n6C)cc3S5)CC2c2ccccc21. The highest BCUT2D eigenvalue weighted by atomic mass is 32.2. The molecule has 4 heterocycles. The first-order chi connectivity index (χ1) is 25.6. The van der Waals surface area contributed by atoms with Crippen molar-refractivity contribution in [3.05, 3.63) is 166 Å². The van der Waals surface area contributed by atoms with Crippen molar-refractivity contribution in [2.45, 2.75) is 44.8 Å². The van der Waals surface area contributed by atoms with Crippen LogP contribution in [0.1, 0.15) is 47.4 Å². The van der Waals surface area contributed by atoms with Crippen LogP contribution in [0.2, 0.25) is 0 Å². The van der Waals surface area contributed by atoms with Gasteiger partial charge >= 0.3 is 0 Å². The lowest BCUT2D eigenvalue weighted by Gasteiger charge is -2.29. The van der Waals surface area contributed by atoms with Crippen LogP contribution in [0.15, 0.2) is 153 Å². The Hall–Kier alpha value is -5.16. The van der Waals surface area contributed by atoms with Gasteiger partial charge < -0.3 is 9.47 Å². The van der Waals surface area contributed by atoms with Gasteiger partial charge in [-0.1, -0.05) is 96.3 Å². The van der Waals surface area contributed by atoms with Crippen LogP contribution in [0, 0.1) is 0 Å². The van der Waals surface area contributed by atoms with Gasteiger partial charge in [0.1, 0.15) is 0 Å². The molecule has 2 nitrogen and oxygen atoms in total. The van der Waals surface area contributed by atoms with Crippen molar-refractivity contribution in [3.63, 3.8) is 0 Å². The van der Waals surface area contributed by atoms with E-state index in [1.165, 1.54) is 113 Å². The van der Waals surface area contributed by atoms with Crippen LogP contribution in [0.3, 0.4) is 0 Å². The van der Waals surface area contributed by atoms with Gasteiger partial charge in [0, 0.05) is 83.2 Å². The van der Waals surface area contributed by atoms with Crippen LogP contribution in [-0.2, 0) is 7.05 Å². The molecule has 3 aliphatic heterocycles. The molecule has 1 aromatic heterocycles. The van der Waals surface area contributed by atoms with Gasteiger partial charge in [-0.15, -0.1) is 0 Å². The van der Waals surface area contributed by atoms with Gasteiger partial charge in [-0.2, -0.15) is 0 Å². The van der Waals surface area contributed by atoms with Crippen molar-refractivity contribution in [2.75, 3.05) is 11.9 Å². The van der Waals surface area contributed by atoms with E-state index in [1.54, 1.807) is 0 Å². The quantitative estimate of drug-likeness (QED) is 0.177. The molecule has 4 heteroatoms. The molecule has 0 radical (unpaired) electrons. The van der Waals surface area contributed by atoms with Crippen molar-refractivity contribution in [2.24, 2.45) is 7.05 Å². The monoisotopic (exact) mass is 702 g/mol. The lowest BCUT2D eigenvalue weighted by Crippen LogP contribution is -2.38. The summed E-state index contributed by atoms with van der Waals surface area (Å²) in [6, 6.07) is 43.9.